The van der Waals surface area contributed by atoms with Gasteiger partial charge in [0.25, 0.3) is 0 Å². The highest BCUT2D eigenvalue weighted by molar-refractivity contribution is 7.80. The van der Waals surface area contributed by atoms with E-state index in [1.165, 1.54) is 5.56 Å². The molecule has 2 rings (SSSR count). The number of thiocarbonyl (C=S) groups is 1. The van der Waals surface area contributed by atoms with E-state index in [4.69, 9.17) is 17.3 Å². The molecule has 0 aliphatic rings. The molecule has 0 bridgehead atoms. The Morgan fingerprint density at radius 1 is 1.00 bits per heavy atom. The lowest BCUT2D eigenvalue weighted by atomic mass is 10.1. The van der Waals surface area contributed by atoms with Gasteiger partial charge in [-0.25, -0.2) is 0 Å². The van der Waals surface area contributed by atoms with Crippen molar-refractivity contribution in [2.45, 2.75) is 12.8 Å². The smallest absolute Gasteiger partial charge is 0.307 e. The highest BCUT2D eigenvalue weighted by atomic mass is 32.1. The summed E-state index contributed by atoms with van der Waals surface area (Å²) in [5.74, 6) is -0.834. The van der Waals surface area contributed by atoms with Crippen LogP contribution >= 0.6 is 12.2 Å². The fourth-order valence-corrected chi connectivity index (χ4v) is 2.24. The maximum atomic E-state index is 10.6. The Morgan fingerprint density at radius 3 is 2.32 bits per heavy atom. The Morgan fingerprint density at radius 2 is 1.68 bits per heavy atom. The van der Waals surface area contributed by atoms with Gasteiger partial charge in [-0.1, -0.05) is 42.5 Å². The van der Waals surface area contributed by atoms with Gasteiger partial charge in [0.15, 0.2) is 5.11 Å². The van der Waals surface area contributed by atoms with E-state index in [-0.39, 0.29) is 6.42 Å². The second kappa shape index (κ2) is 8.14. The number of carboxylic acid groups (broad SMARTS) is 1. The third-order valence-corrected chi connectivity index (χ3v) is 3.36. The molecular weight excluding hydrogens is 296 g/mol. The van der Waals surface area contributed by atoms with E-state index in [1.54, 1.807) is 12.1 Å². The molecule has 0 fully saturated rings. The molecule has 0 unspecified atom stereocenters. The molecule has 22 heavy (non-hydrogen) atoms. The van der Waals surface area contributed by atoms with Crippen LogP contribution in [0.5, 0.6) is 0 Å². The quantitative estimate of drug-likeness (QED) is 0.716. The lowest BCUT2D eigenvalue weighted by Crippen LogP contribution is -2.30. The third-order valence-electron chi connectivity index (χ3n) is 3.11. The van der Waals surface area contributed by atoms with Gasteiger partial charge in [-0.05, 0) is 41.9 Å². The van der Waals surface area contributed by atoms with E-state index >= 15 is 0 Å². The van der Waals surface area contributed by atoms with Gasteiger partial charge in [0.05, 0.1) is 6.42 Å². The van der Waals surface area contributed by atoms with Crippen LogP contribution in [0.2, 0.25) is 0 Å². The molecular formula is C17H18N2O2S. The van der Waals surface area contributed by atoms with Crippen molar-refractivity contribution < 1.29 is 9.90 Å². The fourth-order valence-electron chi connectivity index (χ4n) is 2.02. The van der Waals surface area contributed by atoms with Crippen LogP contribution in [-0.2, 0) is 17.6 Å². The summed E-state index contributed by atoms with van der Waals surface area (Å²) in [5.41, 5.74) is 2.86. The lowest BCUT2D eigenvalue weighted by Gasteiger charge is -2.11. The van der Waals surface area contributed by atoms with Gasteiger partial charge in [0, 0.05) is 12.2 Å². The molecule has 0 radical (unpaired) electrons. The molecule has 0 aromatic heterocycles. The van der Waals surface area contributed by atoms with E-state index in [0.29, 0.717) is 5.11 Å². The summed E-state index contributed by atoms with van der Waals surface area (Å²) < 4.78 is 0. The van der Waals surface area contributed by atoms with Crippen molar-refractivity contribution in [3.05, 3.63) is 65.7 Å². The van der Waals surface area contributed by atoms with Gasteiger partial charge in [0.2, 0.25) is 0 Å². The predicted molar refractivity (Wildman–Crippen MR) is 92.2 cm³/mol. The van der Waals surface area contributed by atoms with Crippen LogP contribution in [0.1, 0.15) is 11.1 Å². The average molecular weight is 314 g/mol. The lowest BCUT2D eigenvalue weighted by molar-refractivity contribution is -0.136. The third kappa shape index (κ3) is 5.54. The van der Waals surface area contributed by atoms with Crippen LogP contribution in [0.25, 0.3) is 0 Å². The first-order chi connectivity index (χ1) is 10.6. The van der Waals surface area contributed by atoms with Crippen molar-refractivity contribution in [2.24, 2.45) is 0 Å². The minimum absolute atomic E-state index is 0.0278. The first-order valence-corrected chi connectivity index (χ1v) is 7.44. The highest BCUT2D eigenvalue weighted by Crippen LogP contribution is 2.10. The highest BCUT2D eigenvalue weighted by Gasteiger charge is 2.01. The maximum absolute atomic E-state index is 10.6. The summed E-state index contributed by atoms with van der Waals surface area (Å²) in [4.78, 5) is 10.6. The number of aliphatic carboxylic acids is 1. The predicted octanol–water partition coefficient (Wildman–Crippen LogP) is 2.84. The Hall–Kier alpha value is -2.40. The number of hydrogen-bond acceptors (Lipinski definition) is 2. The zero-order valence-electron chi connectivity index (χ0n) is 12.1. The molecule has 114 valence electrons. The van der Waals surface area contributed by atoms with E-state index in [0.717, 1.165) is 24.2 Å². The van der Waals surface area contributed by atoms with Gasteiger partial charge < -0.3 is 15.7 Å². The number of carboxylic acids is 1. The standard InChI is InChI=1S/C17H18N2O2S/c20-16(21)12-14-6-8-15(9-7-14)19-17(22)18-11-10-13-4-2-1-3-5-13/h1-9H,10-12H2,(H,20,21)(H2,18,19,22). The summed E-state index contributed by atoms with van der Waals surface area (Å²) >= 11 is 5.24. The summed E-state index contributed by atoms with van der Waals surface area (Å²) in [6, 6.07) is 17.4. The molecule has 3 N–H and O–H groups in total. The van der Waals surface area contributed by atoms with Crippen LogP contribution < -0.4 is 10.6 Å². The molecule has 0 amide bonds. The molecule has 0 spiro atoms. The molecule has 5 heteroatoms. The van der Waals surface area contributed by atoms with Gasteiger partial charge in [-0.3, -0.25) is 4.79 Å². The molecule has 0 aliphatic heterocycles. The van der Waals surface area contributed by atoms with E-state index in [9.17, 15) is 4.79 Å². The van der Waals surface area contributed by atoms with Gasteiger partial charge in [-0.2, -0.15) is 0 Å². The van der Waals surface area contributed by atoms with Crippen molar-refractivity contribution >= 4 is 29.0 Å². The Labute approximate surface area is 135 Å². The molecule has 0 atom stereocenters. The van der Waals surface area contributed by atoms with Crippen LogP contribution in [0.15, 0.2) is 54.6 Å². The SMILES string of the molecule is O=C(O)Cc1ccc(NC(=S)NCCc2ccccc2)cc1. The summed E-state index contributed by atoms with van der Waals surface area (Å²) in [7, 11) is 0. The summed E-state index contributed by atoms with van der Waals surface area (Å²) in [5, 5.41) is 15.5. The van der Waals surface area contributed by atoms with Crippen LogP contribution in [0, 0.1) is 0 Å². The Bertz CT molecular complexity index is 627. The van der Waals surface area contributed by atoms with Crippen molar-refractivity contribution in [1.82, 2.24) is 5.32 Å². The Balaban J connectivity index is 1.75. The normalized spacial score (nSPS) is 10.0. The van der Waals surface area contributed by atoms with Crippen molar-refractivity contribution in [1.29, 1.82) is 0 Å². The molecule has 0 heterocycles. The maximum Gasteiger partial charge on any atom is 0.307 e. The van der Waals surface area contributed by atoms with Gasteiger partial charge >= 0.3 is 5.97 Å². The fraction of sp³-hybridized carbons (Fsp3) is 0.176. The minimum Gasteiger partial charge on any atom is -0.481 e. The van der Waals surface area contributed by atoms with Crippen molar-refractivity contribution in [3.8, 4) is 0 Å². The topological polar surface area (TPSA) is 61.4 Å². The molecule has 2 aromatic carbocycles. The monoisotopic (exact) mass is 314 g/mol. The molecule has 0 saturated carbocycles. The number of rotatable bonds is 6. The number of anilines is 1. The molecule has 4 nitrogen and oxygen atoms in total. The summed E-state index contributed by atoms with van der Waals surface area (Å²) in [6.07, 6.45) is 0.931. The molecule has 0 aliphatic carbocycles. The van der Waals surface area contributed by atoms with Crippen molar-refractivity contribution in [2.75, 3.05) is 11.9 Å². The number of hydrogen-bond donors (Lipinski definition) is 3. The first-order valence-electron chi connectivity index (χ1n) is 7.03. The van der Waals surface area contributed by atoms with E-state index in [1.807, 2.05) is 30.3 Å². The van der Waals surface area contributed by atoms with E-state index in [2.05, 4.69) is 22.8 Å². The van der Waals surface area contributed by atoms with Crippen LogP contribution in [0.4, 0.5) is 5.69 Å². The number of nitrogens with one attached hydrogen (secondary N) is 2. The first kappa shape index (κ1) is 16.0. The molecule has 0 saturated heterocycles. The zero-order valence-corrected chi connectivity index (χ0v) is 12.9. The van der Waals surface area contributed by atoms with Gasteiger partial charge in [0.1, 0.15) is 0 Å². The largest absolute Gasteiger partial charge is 0.481 e. The molecule has 2 aromatic rings. The second-order valence-electron chi connectivity index (χ2n) is 4.88. The Kier molecular flexibility index (Phi) is 5.91. The minimum atomic E-state index is -0.834. The van der Waals surface area contributed by atoms with Gasteiger partial charge in [-0.15, -0.1) is 0 Å². The van der Waals surface area contributed by atoms with E-state index < -0.39 is 5.97 Å². The van der Waals surface area contributed by atoms with Crippen LogP contribution in [-0.4, -0.2) is 22.7 Å². The number of carbonyl (C=O) groups is 1. The zero-order chi connectivity index (χ0) is 15.8. The average Bonchev–Trinajstić information content (AvgIpc) is 2.50. The summed E-state index contributed by atoms with van der Waals surface area (Å²) in [6.45, 7) is 0.757. The number of benzene rings is 2. The van der Waals surface area contributed by atoms with Crippen molar-refractivity contribution in [3.63, 3.8) is 0 Å². The van der Waals surface area contributed by atoms with Crippen LogP contribution in [0.3, 0.4) is 0 Å². The second-order valence-corrected chi connectivity index (χ2v) is 5.29.